The molecule has 4 nitrogen and oxygen atoms in total. The lowest BCUT2D eigenvalue weighted by atomic mass is 9.91. The molecule has 0 aliphatic heterocycles. The van der Waals surface area contributed by atoms with Gasteiger partial charge in [-0.2, -0.15) is 0 Å². The van der Waals surface area contributed by atoms with Crippen LogP contribution in [0.5, 0.6) is 0 Å². The molecule has 2 aromatic carbocycles. The van der Waals surface area contributed by atoms with E-state index in [1.807, 2.05) is 0 Å². The molecule has 0 aromatic heterocycles. The molecule has 32 heavy (non-hydrogen) atoms. The second-order valence-electron chi connectivity index (χ2n) is 7.58. The Morgan fingerprint density at radius 3 is 1.38 bits per heavy atom. The van der Waals surface area contributed by atoms with Crippen molar-refractivity contribution in [2.45, 2.75) is 37.8 Å². The van der Waals surface area contributed by atoms with Crippen molar-refractivity contribution < 1.29 is 9.59 Å². The maximum absolute atomic E-state index is 12.2. The van der Waals surface area contributed by atoms with E-state index in [0.29, 0.717) is 20.1 Å². The molecule has 8 heteroatoms. The van der Waals surface area contributed by atoms with E-state index in [2.05, 4.69) is 10.6 Å². The number of amides is 2. The lowest BCUT2D eigenvalue weighted by Crippen LogP contribution is -2.43. The molecule has 1 fully saturated rings. The molecule has 0 atom stereocenters. The van der Waals surface area contributed by atoms with Gasteiger partial charge in [0, 0.05) is 24.2 Å². The summed E-state index contributed by atoms with van der Waals surface area (Å²) in [6.07, 6.45) is 9.57. The maximum atomic E-state index is 12.2. The van der Waals surface area contributed by atoms with Gasteiger partial charge in [0.05, 0.1) is 20.1 Å². The van der Waals surface area contributed by atoms with Crippen LogP contribution in [0.2, 0.25) is 20.1 Å². The fraction of sp³-hybridized carbons (Fsp3) is 0.250. The number of carbonyl (C=O) groups excluding carboxylic acids is 2. The fourth-order valence-corrected chi connectivity index (χ4v) is 4.07. The van der Waals surface area contributed by atoms with Crippen LogP contribution < -0.4 is 10.6 Å². The van der Waals surface area contributed by atoms with Crippen molar-refractivity contribution in [2.75, 3.05) is 0 Å². The lowest BCUT2D eigenvalue weighted by molar-refractivity contribution is -0.118. The first-order chi connectivity index (χ1) is 15.3. The number of nitrogens with one attached hydrogen (secondary N) is 2. The van der Waals surface area contributed by atoms with E-state index in [9.17, 15) is 9.59 Å². The molecule has 1 aliphatic rings. The zero-order valence-corrected chi connectivity index (χ0v) is 20.1. The minimum atomic E-state index is -0.159. The standard InChI is InChI=1S/C24H22Cl4N2O2/c25-19-9-1-15(13-21(19)27)3-11-23(31)29-17-5-7-18(8-6-17)30-24(32)12-4-16-2-10-20(26)22(28)14-16/h1-4,9-14,17-18H,5-8H2,(H,29,31)(H,30,32). The zero-order valence-electron chi connectivity index (χ0n) is 17.1. The Bertz CT molecular complexity index is 961. The van der Waals surface area contributed by atoms with Gasteiger partial charge in [-0.1, -0.05) is 58.5 Å². The third-order valence-corrected chi connectivity index (χ3v) is 6.64. The van der Waals surface area contributed by atoms with Crippen LogP contribution in [0, 0.1) is 0 Å². The summed E-state index contributed by atoms with van der Waals surface area (Å²) in [5.41, 5.74) is 1.60. The van der Waals surface area contributed by atoms with Gasteiger partial charge < -0.3 is 10.6 Å². The molecule has 1 saturated carbocycles. The maximum Gasteiger partial charge on any atom is 0.244 e. The van der Waals surface area contributed by atoms with Crippen LogP contribution in [0.4, 0.5) is 0 Å². The summed E-state index contributed by atoms with van der Waals surface area (Å²) in [5.74, 6) is -0.318. The number of rotatable bonds is 6. The summed E-state index contributed by atoms with van der Waals surface area (Å²) in [6.45, 7) is 0. The number of hydrogen-bond acceptors (Lipinski definition) is 2. The fourth-order valence-electron chi connectivity index (χ4n) is 3.46. The quantitative estimate of drug-likeness (QED) is 0.431. The third-order valence-electron chi connectivity index (χ3n) is 5.16. The van der Waals surface area contributed by atoms with E-state index in [-0.39, 0.29) is 23.9 Å². The highest BCUT2D eigenvalue weighted by Gasteiger charge is 2.22. The largest absolute Gasteiger partial charge is 0.350 e. The van der Waals surface area contributed by atoms with Gasteiger partial charge >= 0.3 is 0 Å². The minimum absolute atomic E-state index is 0.0841. The third kappa shape index (κ3) is 7.56. The number of halogens is 4. The molecular formula is C24H22Cl4N2O2. The van der Waals surface area contributed by atoms with E-state index < -0.39 is 0 Å². The highest BCUT2D eigenvalue weighted by Crippen LogP contribution is 2.24. The van der Waals surface area contributed by atoms with Gasteiger partial charge in [0.2, 0.25) is 11.8 Å². The highest BCUT2D eigenvalue weighted by atomic mass is 35.5. The summed E-state index contributed by atoms with van der Waals surface area (Å²) in [4.78, 5) is 24.4. The second-order valence-corrected chi connectivity index (χ2v) is 9.21. The zero-order chi connectivity index (χ0) is 23.1. The van der Waals surface area contributed by atoms with Crippen LogP contribution in [-0.2, 0) is 9.59 Å². The molecule has 0 heterocycles. The molecule has 2 amide bonds. The average Bonchev–Trinajstić information content (AvgIpc) is 2.77. The van der Waals surface area contributed by atoms with Crippen molar-refractivity contribution in [3.63, 3.8) is 0 Å². The van der Waals surface area contributed by atoms with E-state index in [4.69, 9.17) is 46.4 Å². The first-order valence-electron chi connectivity index (χ1n) is 10.2. The molecule has 0 saturated heterocycles. The van der Waals surface area contributed by atoms with E-state index >= 15 is 0 Å². The van der Waals surface area contributed by atoms with Gasteiger partial charge in [-0.25, -0.2) is 0 Å². The molecule has 0 bridgehead atoms. The summed E-state index contributed by atoms with van der Waals surface area (Å²) >= 11 is 23.8. The molecular weight excluding hydrogens is 490 g/mol. The summed E-state index contributed by atoms with van der Waals surface area (Å²) in [7, 11) is 0. The van der Waals surface area contributed by atoms with E-state index in [0.717, 1.165) is 36.8 Å². The van der Waals surface area contributed by atoms with Crippen molar-refractivity contribution in [1.82, 2.24) is 10.6 Å². The Hall–Kier alpha value is -1.98. The summed E-state index contributed by atoms with van der Waals surface area (Å²) < 4.78 is 0. The van der Waals surface area contributed by atoms with Gasteiger partial charge in [0.1, 0.15) is 0 Å². The van der Waals surface area contributed by atoms with Crippen LogP contribution in [0.15, 0.2) is 48.6 Å². The van der Waals surface area contributed by atoms with Gasteiger partial charge in [-0.3, -0.25) is 9.59 Å². The highest BCUT2D eigenvalue weighted by molar-refractivity contribution is 6.42. The van der Waals surface area contributed by atoms with Crippen molar-refractivity contribution >= 4 is 70.4 Å². The van der Waals surface area contributed by atoms with Crippen molar-refractivity contribution in [3.8, 4) is 0 Å². The first-order valence-corrected chi connectivity index (χ1v) is 11.7. The molecule has 0 spiro atoms. The van der Waals surface area contributed by atoms with Gasteiger partial charge in [0.15, 0.2) is 0 Å². The van der Waals surface area contributed by atoms with E-state index in [1.54, 1.807) is 48.6 Å². The van der Waals surface area contributed by atoms with Crippen LogP contribution in [0.1, 0.15) is 36.8 Å². The Labute approximate surface area is 207 Å². The Morgan fingerprint density at radius 1 is 0.656 bits per heavy atom. The minimum Gasteiger partial charge on any atom is -0.350 e. The Balaban J connectivity index is 1.41. The normalized spacial score (nSPS) is 18.8. The van der Waals surface area contributed by atoms with Crippen LogP contribution in [-0.4, -0.2) is 23.9 Å². The molecule has 2 aromatic rings. The predicted octanol–water partition coefficient (Wildman–Crippen LogP) is 6.57. The Morgan fingerprint density at radius 2 is 1.03 bits per heavy atom. The number of benzene rings is 2. The second kappa shape index (κ2) is 11.8. The molecule has 0 radical (unpaired) electrons. The molecule has 3 rings (SSSR count). The lowest BCUT2D eigenvalue weighted by Gasteiger charge is -2.29. The molecule has 1 aliphatic carbocycles. The number of hydrogen-bond donors (Lipinski definition) is 2. The number of carbonyl (C=O) groups is 2. The molecule has 168 valence electrons. The van der Waals surface area contributed by atoms with Crippen molar-refractivity contribution in [2.24, 2.45) is 0 Å². The monoisotopic (exact) mass is 510 g/mol. The average molecular weight is 512 g/mol. The van der Waals surface area contributed by atoms with Crippen LogP contribution >= 0.6 is 46.4 Å². The van der Waals surface area contributed by atoms with Crippen LogP contribution in [0.25, 0.3) is 12.2 Å². The Kier molecular flexibility index (Phi) is 9.06. The summed E-state index contributed by atoms with van der Waals surface area (Å²) in [5, 5.41) is 7.86. The topological polar surface area (TPSA) is 58.2 Å². The van der Waals surface area contributed by atoms with Crippen LogP contribution in [0.3, 0.4) is 0 Å². The van der Waals surface area contributed by atoms with Gasteiger partial charge in [-0.05, 0) is 73.2 Å². The van der Waals surface area contributed by atoms with E-state index in [1.165, 1.54) is 12.2 Å². The molecule has 0 unspecified atom stereocenters. The van der Waals surface area contributed by atoms with Gasteiger partial charge in [-0.15, -0.1) is 0 Å². The van der Waals surface area contributed by atoms with Crippen molar-refractivity contribution in [1.29, 1.82) is 0 Å². The van der Waals surface area contributed by atoms with Crippen molar-refractivity contribution in [3.05, 3.63) is 79.8 Å². The predicted molar refractivity (Wildman–Crippen MR) is 133 cm³/mol. The molecule has 2 N–H and O–H groups in total. The SMILES string of the molecule is O=C(C=Cc1ccc(Cl)c(Cl)c1)NC1CCC(NC(=O)C=Cc2ccc(Cl)c(Cl)c2)CC1. The summed E-state index contributed by atoms with van der Waals surface area (Å²) in [6, 6.07) is 10.5. The smallest absolute Gasteiger partial charge is 0.244 e. The van der Waals surface area contributed by atoms with Gasteiger partial charge in [0.25, 0.3) is 0 Å². The first kappa shape index (κ1) is 24.7.